The molecule has 0 radical (unpaired) electrons. The lowest BCUT2D eigenvalue weighted by Gasteiger charge is -2.11. The second kappa shape index (κ2) is 9.44. The average molecular weight is 375 g/mol. The Hall–Kier alpha value is -2.05. The molecule has 0 aliphatic rings. The molecule has 0 aromatic heterocycles. The van der Waals surface area contributed by atoms with Crippen LogP contribution in [0.2, 0.25) is 0 Å². The molecule has 2 N–H and O–H groups in total. The number of thioether (sulfide) groups is 1. The summed E-state index contributed by atoms with van der Waals surface area (Å²) in [6.45, 7) is 4.48. The first-order valence-electron chi connectivity index (χ1n) is 7.96. The minimum absolute atomic E-state index is 0.0986. The van der Waals surface area contributed by atoms with Crippen molar-refractivity contribution in [3.63, 3.8) is 0 Å². The summed E-state index contributed by atoms with van der Waals surface area (Å²) in [5.41, 5.74) is 1.63. The zero-order valence-electron chi connectivity index (χ0n) is 14.5. The van der Waals surface area contributed by atoms with Crippen molar-refractivity contribution in [3.05, 3.63) is 59.7 Å². The highest BCUT2D eigenvalue weighted by molar-refractivity contribution is 7.98. The van der Waals surface area contributed by atoms with E-state index in [-0.39, 0.29) is 12.0 Å². The van der Waals surface area contributed by atoms with Crippen LogP contribution < -0.4 is 15.4 Å². The SMILES string of the molecule is CSc1ccc(CNC(=S)NC(=O)c2ccc(OC(C)C)cc2)cc1. The standard InChI is InChI=1S/C19H22N2O2S2/c1-13(2)23-16-8-6-15(7-9-16)18(22)21-19(24)20-12-14-4-10-17(25-3)11-5-14/h4-11,13H,12H2,1-3H3,(H2,20,21,22,24). The van der Waals surface area contributed by atoms with Gasteiger partial charge in [-0.15, -0.1) is 11.8 Å². The zero-order valence-corrected chi connectivity index (χ0v) is 16.2. The van der Waals surface area contributed by atoms with Crippen LogP contribution in [0, 0.1) is 0 Å². The number of ether oxygens (including phenoxy) is 1. The van der Waals surface area contributed by atoms with Gasteiger partial charge in [0.15, 0.2) is 5.11 Å². The van der Waals surface area contributed by atoms with Crippen LogP contribution in [0.25, 0.3) is 0 Å². The van der Waals surface area contributed by atoms with Crippen LogP contribution in [0.1, 0.15) is 29.8 Å². The van der Waals surface area contributed by atoms with E-state index in [4.69, 9.17) is 17.0 Å². The van der Waals surface area contributed by atoms with Gasteiger partial charge in [0.2, 0.25) is 0 Å². The molecule has 0 fully saturated rings. The molecular weight excluding hydrogens is 352 g/mol. The zero-order chi connectivity index (χ0) is 18.2. The van der Waals surface area contributed by atoms with Crippen molar-refractivity contribution in [1.82, 2.24) is 10.6 Å². The van der Waals surface area contributed by atoms with E-state index >= 15 is 0 Å². The molecule has 132 valence electrons. The van der Waals surface area contributed by atoms with Crippen molar-refractivity contribution >= 4 is 35.0 Å². The Morgan fingerprint density at radius 1 is 1.12 bits per heavy atom. The van der Waals surface area contributed by atoms with Gasteiger partial charge in [-0.05, 0) is 74.3 Å². The predicted molar refractivity (Wildman–Crippen MR) is 107 cm³/mol. The van der Waals surface area contributed by atoms with Gasteiger partial charge in [0, 0.05) is 17.0 Å². The summed E-state index contributed by atoms with van der Waals surface area (Å²) in [6.07, 6.45) is 2.14. The van der Waals surface area contributed by atoms with Crippen LogP contribution in [0.5, 0.6) is 5.75 Å². The smallest absolute Gasteiger partial charge is 0.257 e. The topological polar surface area (TPSA) is 50.4 Å². The molecular formula is C19H22N2O2S2. The molecule has 1 amide bonds. The maximum absolute atomic E-state index is 12.2. The number of carbonyl (C=O) groups is 1. The third kappa shape index (κ3) is 6.40. The molecule has 0 bridgehead atoms. The lowest BCUT2D eigenvalue weighted by molar-refractivity contribution is 0.0976. The first kappa shape index (κ1) is 19.3. The Morgan fingerprint density at radius 2 is 1.76 bits per heavy atom. The molecule has 2 aromatic rings. The van der Waals surface area contributed by atoms with Crippen molar-refractivity contribution in [3.8, 4) is 5.75 Å². The quantitative estimate of drug-likeness (QED) is 0.591. The number of benzene rings is 2. The summed E-state index contributed by atoms with van der Waals surface area (Å²) >= 11 is 6.89. The van der Waals surface area contributed by atoms with E-state index in [9.17, 15) is 4.79 Å². The normalized spacial score (nSPS) is 10.4. The fourth-order valence-corrected chi connectivity index (χ4v) is 2.68. The van der Waals surface area contributed by atoms with E-state index in [1.54, 1.807) is 36.0 Å². The Kier molecular flexibility index (Phi) is 7.28. The second-order valence-corrected chi connectivity index (χ2v) is 6.96. The fourth-order valence-electron chi connectivity index (χ4n) is 2.10. The van der Waals surface area contributed by atoms with Crippen LogP contribution >= 0.6 is 24.0 Å². The molecule has 0 aliphatic heterocycles. The molecule has 0 heterocycles. The van der Waals surface area contributed by atoms with Gasteiger partial charge in [0.1, 0.15) is 5.75 Å². The van der Waals surface area contributed by atoms with Gasteiger partial charge in [0.05, 0.1) is 6.10 Å². The van der Waals surface area contributed by atoms with Gasteiger partial charge in [0.25, 0.3) is 5.91 Å². The van der Waals surface area contributed by atoms with E-state index in [2.05, 4.69) is 22.8 Å². The van der Waals surface area contributed by atoms with Gasteiger partial charge in [-0.25, -0.2) is 0 Å². The van der Waals surface area contributed by atoms with E-state index in [1.807, 2.05) is 32.2 Å². The first-order valence-corrected chi connectivity index (χ1v) is 9.60. The van der Waals surface area contributed by atoms with E-state index in [1.165, 1.54) is 4.90 Å². The molecule has 0 unspecified atom stereocenters. The molecule has 6 heteroatoms. The van der Waals surface area contributed by atoms with Crippen LogP contribution in [-0.2, 0) is 6.54 Å². The van der Waals surface area contributed by atoms with Crippen molar-refractivity contribution in [2.24, 2.45) is 0 Å². The lowest BCUT2D eigenvalue weighted by Crippen LogP contribution is -2.38. The largest absolute Gasteiger partial charge is 0.491 e. The molecule has 25 heavy (non-hydrogen) atoms. The average Bonchev–Trinajstić information content (AvgIpc) is 2.60. The van der Waals surface area contributed by atoms with E-state index in [0.29, 0.717) is 17.2 Å². The number of amides is 1. The number of hydrogen-bond acceptors (Lipinski definition) is 4. The molecule has 0 saturated heterocycles. The number of rotatable bonds is 6. The lowest BCUT2D eigenvalue weighted by atomic mass is 10.2. The molecule has 0 spiro atoms. The number of hydrogen-bond donors (Lipinski definition) is 2. The molecule has 0 saturated carbocycles. The predicted octanol–water partition coefficient (Wildman–Crippen LogP) is 4.00. The summed E-state index contributed by atoms with van der Waals surface area (Å²) in [5, 5.41) is 6.04. The number of nitrogens with one attached hydrogen (secondary N) is 2. The van der Waals surface area contributed by atoms with E-state index in [0.717, 1.165) is 11.3 Å². The van der Waals surface area contributed by atoms with Crippen LogP contribution in [-0.4, -0.2) is 23.4 Å². The Morgan fingerprint density at radius 3 is 2.32 bits per heavy atom. The summed E-state index contributed by atoms with van der Waals surface area (Å²) in [6, 6.07) is 15.2. The number of carbonyl (C=O) groups excluding carboxylic acids is 1. The maximum Gasteiger partial charge on any atom is 0.257 e. The van der Waals surface area contributed by atoms with Crippen molar-refractivity contribution in [2.45, 2.75) is 31.4 Å². The van der Waals surface area contributed by atoms with Gasteiger partial charge < -0.3 is 10.1 Å². The highest BCUT2D eigenvalue weighted by Crippen LogP contribution is 2.15. The van der Waals surface area contributed by atoms with Crippen molar-refractivity contribution in [1.29, 1.82) is 0 Å². The monoisotopic (exact) mass is 374 g/mol. The summed E-state index contributed by atoms with van der Waals surface area (Å²) < 4.78 is 5.56. The van der Waals surface area contributed by atoms with Gasteiger partial charge in [-0.2, -0.15) is 0 Å². The number of thiocarbonyl (C=S) groups is 1. The van der Waals surface area contributed by atoms with Crippen molar-refractivity contribution in [2.75, 3.05) is 6.26 Å². The fraction of sp³-hybridized carbons (Fsp3) is 0.263. The van der Waals surface area contributed by atoms with E-state index < -0.39 is 0 Å². The Labute approximate surface area is 158 Å². The highest BCUT2D eigenvalue weighted by atomic mass is 32.2. The third-order valence-corrected chi connectivity index (χ3v) is 4.32. The van der Waals surface area contributed by atoms with Crippen LogP contribution in [0.15, 0.2) is 53.4 Å². The maximum atomic E-state index is 12.2. The highest BCUT2D eigenvalue weighted by Gasteiger charge is 2.08. The molecule has 2 aromatic carbocycles. The van der Waals surface area contributed by atoms with Gasteiger partial charge >= 0.3 is 0 Å². The second-order valence-electron chi connectivity index (χ2n) is 5.68. The molecule has 0 aliphatic carbocycles. The first-order chi connectivity index (χ1) is 12.0. The minimum Gasteiger partial charge on any atom is -0.491 e. The molecule has 4 nitrogen and oxygen atoms in total. The third-order valence-electron chi connectivity index (χ3n) is 3.33. The Balaban J connectivity index is 1.83. The molecule has 0 atom stereocenters. The van der Waals surface area contributed by atoms with Gasteiger partial charge in [-0.3, -0.25) is 10.1 Å². The molecule has 2 rings (SSSR count). The minimum atomic E-state index is -0.244. The van der Waals surface area contributed by atoms with Crippen molar-refractivity contribution < 1.29 is 9.53 Å². The van der Waals surface area contributed by atoms with Crippen LogP contribution in [0.4, 0.5) is 0 Å². The van der Waals surface area contributed by atoms with Gasteiger partial charge in [-0.1, -0.05) is 12.1 Å². The summed E-state index contributed by atoms with van der Waals surface area (Å²) in [5.74, 6) is 0.493. The summed E-state index contributed by atoms with van der Waals surface area (Å²) in [4.78, 5) is 13.4. The summed E-state index contributed by atoms with van der Waals surface area (Å²) in [7, 11) is 0. The Bertz CT molecular complexity index is 713. The van der Waals surface area contributed by atoms with Crippen LogP contribution in [0.3, 0.4) is 0 Å².